The average Bonchev–Trinajstić information content (AvgIpc) is 3.00. The summed E-state index contributed by atoms with van der Waals surface area (Å²) in [6, 6.07) is 8.76. The second-order valence-electron chi connectivity index (χ2n) is 6.81. The van der Waals surface area contributed by atoms with Crippen molar-refractivity contribution < 1.29 is 22.8 Å². The number of carbonyl (C=O) groups excluding carboxylic acids is 2. The van der Waals surface area contributed by atoms with Crippen LogP contribution in [0.4, 0.5) is 24.5 Å². The number of aryl methyl sites for hydroxylation is 1. The second kappa shape index (κ2) is 7.47. The van der Waals surface area contributed by atoms with Gasteiger partial charge in [0.25, 0.3) is 0 Å². The number of rotatable bonds is 3. The first kappa shape index (κ1) is 20.2. The summed E-state index contributed by atoms with van der Waals surface area (Å²) in [4.78, 5) is 26.5. The molecule has 2 aromatic carbocycles. The van der Waals surface area contributed by atoms with Gasteiger partial charge in [0.15, 0.2) is 0 Å². The highest BCUT2D eigenvalue weighted by Crippen LogP contribution is 2.36. The fourth-order valence-electron chi connectivity index (χ4n) is 3.21. The smallest absolute Gasteiger partial charge is 0.326 e. The van der Waals surface area contributed by atoms with Crippen LogP contribution in [0.2, 0.25) is 5.02 Å². The lowest BCUT2D eigenvalue weighted by atomic mass is 10.1. The Bertz CT molecular complexity index is 944. The van der Waals surface area contributed by atoms with E-state index >= 15 is 0 Å². The molecule has 2 aromatic rings. The van der Waals surface area contributed by atoms with Gasteiger partial charge in [0.1, 0.15) is 0 Å². The molecule has 2 amide bonds. The molecule has 0 unspecified atom stereocenters. The van der Waals surface area contributed by atoms with E-state index in [0.717, 1.165) is 28.9 Å². The zero-order chi connectivity index (χ0) is 20.6. The van der Waals surface area contributed by atoms with E-state index in [0.29, 0.717) is 0 Å². The van der Waals surface area contributed by atoms with E-state index in [1.54, 1.807) is 4.90 Å². The first-order chi connectivity index (χ1) is 13.1. The SMILES string of the molecule is Cc1cccc(N2C[C@@H](C(=O)Nc3ccc(Cl)c(C(F)(F)F)c3)CC2=O)c1C. The summed E-state index contributed by atoms with van der Waals surface area (Å²) in [6.45, 7) is 4.01. The van der Waals surface area contributed by atoms with E-state index in [4.69, 9.17) is 11.6 Å². The van der Waals surface area contributed by atoms with Crippen molar-refractivity contribution in [2.45, 2.75) is 26.4 Å². The van der Waals surface area contributed by atoms with Crippen molar-refractivity contribution in [3.63, 3.8) is 0 Å². The monoisotopic (exact) mass is 410 g/mol. The molecular weight excluding hydrogens is 393 g/mol. The molecule has 1 N–H and O–H groups in total. The summed E-state index contributed by atoms with van der Waals surface area (Å²) in [7, 11) is 0. The molecule has 3 rings (SSSR count). The van der Waals surface area contributed by atoms with Crippen LogP contribution in [0.15, 0.2) is 36.4 Å². The van der Waals surface area contributed by atoms with E-state index < -0.39 is 28.6 Å². The standard InChI is InChI=1S/C20H18ClF3N2O2/c1-11-4-3-5-17(12(11)2)26-10-13(8-18(26)27)19(28)25-14-6-7-16(21)15(9-14)20(22,23)24/h3-7,9,13H,8,10H2,1-2H3,(H,25,28)/t13-/m0/s1. The zero-order valence-electron chi connectivity index (χ0n) is 15.2. The molecule has 4 nitrogen and oxygen atoms in total. The topological polar surface area (TPSA) is 49.4 Å². The van der Waals surface area contributed by atoms with Gasteiger partial charge >= 0.3 is 6.18 Å². The van der Waals surface area contributed by atoms with Crippen LogP contribution in [-0.4, -0.2) is 18.4 Å². The van der Waals surface area contributed by atoms with Gasteiger partial charge in [-0.1, -0.05) is 23.7 Å². The maximum absolute atomic E-state index is 13.0. The number of amides is 2. The molecule has 1 fully saturated rings. The number of carbonyl (C=O) groups is 2. The second-order valence-corrected chi connectivity index (χ2v) is 7.21. The molecule has 1 atom stereocenters. The number of hydrogen-bond acceptors (Lipinski definition) is 2. The van der Waals surface area contributed by atoms with Crippen molar-refractivity contribution in [1.29, 1.82) is 0 Å². The van der Waals surface area contributed by atoms with Gasteiger partial charge in [0.05, 0.1) is 16.5 Å². The van der Waals surface area contributed by atoms with Crippen LogP contribution in [-0.2, 0) is 15.8 Å². The van der Waals surface area contributed by atoms with Crippen molar-refractivity contribution in [3.8, 4) is 0 Å². The molecule has 148 valence electrons. The Hall–Kier alpha value is -2.54. The Kier molecular flexibility index (Phi) is 5.39. The maximum atomic E-state index is 13.0. The summed E-state index contributed by atoms with van der Waals surface area (Å²) >= 11 is 5.59. The van der Waals surface area contributed by atoms with Gasteiger partial charge in [-0.3, -0.25) is 9.59 Å². The highest BCUT2D eigenvalue weighted by molar-refractivity contribution is 6.31. The molecule has 0 radical (unpaired) electrons. The summed E-state index contributed by atoms with van der Waals surface area (Å²) < 4.78 is 38.9. The molecule has 0 aliphatic carbocycles. The Balaban J connectivity index is 1.76. The number of halogens is 4. The zero-order valence-corrected chi connectivity index (χ0v) is 16.0. The number of alkyl halides is 3. The highest BCUT2D eigenvalue weighted by Gasteiger charge is 2.37. The van der Waals surface area contributed by atoms with Crippen molar-refractivity contribution in [2.75, 3.05) is 16.8 Å². The summed E-state index contributed by atoms with van der Waals surface area (Å²) in [5.74, 6) is -1.35. The van der Waals surface area contributed by atoms with Crippen LogP contribution in [0.1, 0.15) is 23.1 Å². The van der Waals surface area contributed by atoms with Crippen molar-refractivity contribution in [3.05, 3.63) is 58.1 Å². The van der Waals surface area contributed by atoms with E-state index in [9.17, 15) is 22.8 Å². The van der Waals surface area contributed by atoms with Crippen LogP contribution < -0.4 is 10.2 Å². The molecule has 1 saturated heterocycles. The van der Waals surface area contributed by atoms with E-state index in [2.05, 4.69) is 5.32 Å². The Morgan fingerprint density at radius 1 is 1.21 bits per heavy atom. The lowest BCUT2D eigenvalue weighted by Gasteiger charge is -2.20. The van der Waals surface area contributed by atoms with E-state index in [1.165, 1.54) is 6.07 Å². The minimum absolute atomic E-state index is 0.00106. The van der Waals surface area contributed by atoms with Gasteiger partial charge < -0.3 is 10.2 Å². The van der Waals surface area contributed by atoms with Crippen molar-refractivity contribution >= 4 is 34.8 Å². The minimum Gasteiger partial charge on any atom is -0.326 e. The van der Waals surface area contributed by atoms with Gasteiger partial charge in [0, 0.05) is 24.3 Å². The third kappa shape index (κ3) is 3.99. The number of nitrogens with zero attached hydrogens (tertiary/aromatic N) is 1. The number of anilines is 2. The maximum Gasteiger partial charge on any atom is 0.417 e. The molecule has 1 aliphatic rings. The van der Waals surface area contributed by atoms with Crippen LogP contribution in [0.3, 0.4) is 0 Å². The van der Waals surface area contributed by atoms with Gasteiger partial charge in [-0.05, 0) is 49.2 Å². The fourth-order valence-corrected chi connectivity index (χ4v) is 3.43. The molecule has 0 spiro atoms. The predicted molar refractivity (Wildman–Crippen MR) is 101 cm³/mol. The average molecular weight is 411 g/mol. The largest absolute Gasteiger partial charge is 0.417 e. The molecule has 0 aromatic heterocycles. The number of nitrogens with one attached hydrogen (secondary N) is 1. The molecule has 1 heterocycles. The number of benzene rings is 2. The molecule has 8 heteroatoms. The van der Waals surface area contributed by atoms with Gasteiger partial charge in [0.2, 0.25) is 11.8 Å². The number of hydrogen-bond donors (Lipinski definition) is 1. The molecule has 0 saturated carbocycles. The Labute approximate surface area is 165 Å². The van der Waals surface area contributed by atoms with Gasteiger partial charge in [-0.2, -0.15) is 13.2 Å². The molecule has 0 bridgehead atoms. The Morgan fingerprint density at radius 2 is 1.93 bits per heavy atom. The summed E-state index contributed by atoms with van der Waals surface area (Å²) in [5.41, 5.74) is 1.68. The van der Waals surface area contributed by atoms with Gasteiger partial charge in [-0.15, -0.1) is 0 Å². The minimum atomic E-state index is -4.62. The quantitative estimate of drug-likeness (QED) is 0.776. The predicted octanol–water partition coefficient (Wildman–Crippen LogP) is 4.97. The highest BCUT2D eigenvalue weighted by atomic mass is 35.5. The van der Waals surface area contributed by atoms with E-state index in [1.807, 2.05) is 32.0 Å². The molecular formula is C20H18ClF3N2O2. The molecule has 28 heavy (non-hydrogen) atoms. The first-order valence-corrected chi connectivity index (χ1v) is 9.00. The van der Waals surface area contributed by atoms with Crippen LogP contribution in [0.5, 0.6) is 0 Å². The lowest BCUT2D eigenvalue weighted by molar-refractivity contribution is -0.137. The third-order valence-corrected chi connectivity index (χ3v) is 5.23. The third-order valence-electron chi connectivity index (χ3n) is 4.90. The van der Waals surface area contributed by atoms with E-state index in [-0.39, 0.29) is 24.6 Å². The Morgan fingerprint density at radius 3 is 2.61 bits per heavy atom. The summed E-state index contributed by atoms with van der Waals surface area (Å²) in [6.07, 6.45) is -4.63. The fraction of sp³-hybridized carbons (Fsp3) is 0.300. The summed E-state index contributed by atoms with van der Waals surface area (Å²) in [5, 5.41) is 2.02. The van der Waals surface area contributed by atoms with Gasteiger partial charge in [-0.25, -0.2) is 0 Å². The van der Waals surface area contributed by atoms with Crippen LogP contribution >= 0.6 is 11.6 Å². The lowest BCUT2D eigenvalue weighted by Crippen LogP contribution is -2.28. The van der Waals surface area contributed by atoms with Crippen molar-refractivity contribution in [1.82, 2.24) is 0 Å². The van der Waals surface area contributed by atoms with Crippen molar-refractivity contribution in [2.24, 2.45) is 5.92 Å². The normalized spacial score (nSPS) is 17.1. The van der Waals surface area contributed by atoms with Crippen LogP contribution in [0, 0.1) is 19.8 Å². The van der Waals surface area contributed by atoms with Crippen LogP contribution in [0.25, 0.3) is 0 Å². The first-order valence-electron chi connectivity index (χ1n) is 8.62. The molecule has 1 aliphatic heterocycles.